The van der Waals surface area contributed by atoms with E-state index in [9.17, 15) is 19.2 Å². The third-order valence-corrected chi connectivity index (χ3v) is 6.84. The Balaban J connectivity index is 2.13. The topological polar surface area (TPSA) is 150 Å². The number of rotatable bonds is 13. The number of carbonyl (C=O) groups is 4. The van der Waals surface area contributed by atoms with Gasteiger partial charge in [-0.2, -0.15) is 0 Å². The minimum Gasteiger partial charge on any atom is -0.458 e. The molecule has 2 aromatic rings. The molecule has 0 saturated heterocycles. The molecule has 11 heteroatoms. The van der Waals surface area contributed by atoms with Crippen molar-refractivity contribution in [3.05, 3.63) is 59.7 Å². The molecular formula is C32H43NO10. The van der Waals surface area contributed by atoms with Crippen LogP contribution in [0.1, 0.15) is 84.2 Å². The van der Waals surface area contributed by atoms with E-state index in [-0.39, 0.29) is 17.9 Å². The van der Waals surface area contributed by atoms with Gasteiger partial charge in [-0.05, 0) is 90.6 Å². The van der Waals surface area contributed by atoms with Crippen LogP contribution in [-0.2, 0) is 30.2 Å². The fourth-order valence-electron chi connectivity index (χ4n) is 3.27. The maximum absolute atomic E-state index is 12.8. The van der Waals surface area contributed by atoms with Crippen molar-refractivity contribution >= 4 is 24.2 Å². The van der Waals surface area contributed by atoms with Crippen LogP contribution in [0.2, 0.25) is 0 Å². The number of hydrogen-bond acceptors (Lipinski definition) is 11. The van der Waals surface area contributed by atoms with Crippen LogP contribution in [0.25, 0.3) is 0 Å². The number of nitrogens with two attached hydrogens (primary N) is 1. The van der Waals surface area contributed by atoms with Crippen molar-refractivity contribution in [2.24, 2.45) is 5.73 Å². The number of benzene rings is 2. The number of carbonyl (C=O) groups excluding carboxylic acids is 4. The van der Waals surface area contributed by atoms with Crippen molar-refractivity contribution in [1.29, 1.82) is 0 Å². The van der Waals surface area contributed by atoms with E-state index in [1.54, 1.807) is 77.9 Å². The molecule has 0 spiro atoms. The lowest BCUT2D eigenvalue weighted by Crippen LogP contribution is -2.39. The normalized spacial score (nSPS) is 13.6. The van der Waals surface area contributed by atoms with Crippen LogP contribution in [0, 0.1) is 0 Å². The van der Waals surface area contributed by atoms with Gasteiger partial charge in [0.1, 0.15) is 29.5 Å². The molecule has 2 N–H and O–H groups in total. The van der Waals surface area contributed by atoms with E-state index < -0.39 is 53.7 Å². The quantitative estimate of drug-likeness (QED) is 0.160. The average molecular weight is 602 g/mol. The molecule has 0 radical (unpaired) electrons. The highest BCUT2D eigenvalue weighted by Crippen LogP contribution is 2.31. The SMILES string of the molecule is CCC(C)(C)OC(=O)Oc1ccc(C[C@H](N)C(=O)O[C@@H](C)[C@H](C)OC(=O)c2ccccc2)cc1OC(=O)OC(C)(C)CC. The molecule has 0 unspecified atom stereocenters. The summed E-state index contributed by atoms with van der Waals surface area (Å²) in [4.78, 5) is 50.1. The summed E-state index contributed by atoms with van der Waals surface area (Å²) in [6, 6.07) is 11.7. The molecule has 0 bridgehead atoms. The van der Waals surface area contributed by atoms with E-state index in [0.29, 0.717) is 24.0 Å². The fourth-order valence-corrected chi connectivity index (χ4v) is 3.27. The van der Waals surface area contributed by atoms with E-state index >= 15 is 0 Å². The highest BCUT2D eigenvalue weighted by molar-refractivity contribution is 5.89. The second-order valence-electron chi connectivity index (χ2n) is 11.3. The lowest BCUT2D eigenvalue weighted by molar-refractivity contribution is -0.154. The minimum atomic E-state index is -1.11. The molecule has 43 heavy (non-hydrogen) atoms. The first kappa shape index (κ1) is 35.1. The molecule has 0 amide bonds. The van der Waals surface area contributed by atoms with Crippen molar-refractivity contribution in [2.75, 3.05) is 0 Å². The summed E-state index contributed by atoms with van der Waals surface area (Å²) >= 11 is 0. The Hall–Kier alpha value is -4.12. The van der Waals surface area contributed by atoms with Crippen LogP contribution in [0.4, 0.5) is 9.59 Å². The summed E-state index contributed by atoms with van der Waals surface area (Å²) in [6.07, 6.45) is -2.45. The van der Waals surface area contributed by atoms with Crippen molar-refractivity contribution in [3.63, 3.8) is 0 Å². The lowest BCUT2D eigenvalue weighted by atomic mass is 10.1. The molecule has 11 nitrogen and oxygen atoms in total. The first-order valence-corrected chi connectivity index (χ1v) is 14.2. The van der Waals surface area contributed by atoms with Crippen LogP contribution >= 0.6 is 0 Å². The predicted octanol–water partition coefficient (Wildman–Crippen LogP) is 6.14. The Morgan fingerprint density at radius 1 is 0.744 bits per heavy atom. The predicted molar refractivity (Wildman–Crippen MR) is 158 cm³/mol. The molecule has 0 saturated carbocycles. The van der Waals surface area contributed by atoms with Crippen LogP contribution < -0.4 is 15.2 Å². The van der Waals surface area contributed by atoms with Gasteiger partial charge in [-0.1, -0.05) is 38.1 Å². The van der Waals surface area contributed by atoms with Gasteiger partial charge in [0.25, 0.3) is 0 Å². The van der Waals surface area contributed by atoms with Gasteiger partial charge < -0.3 is 34.2 Å². The average Bonchev–Trinajstić information content (AvgIpc) is 2.94. The molecule has 2 rings (SSSR count). The molecule has 0 fully saturated rings. The zero-order valence-corrected chi connectivity index (χ0v) is 26.1. The third-order valence-electron chi connectivity index (χ3n) is 6.84. The van der Waals surface area contributed by atoms with Gasteiger partial charge >= 0.3 is 24.2 Å². The number of ether oxygens (including phenoxy) is 6. The summed E-state index contributed by atoms with van der Waals surface area (Å²) < 4.78 is 32.3. The largest absolute Gasteiger partial charge is 0.514 e. The number of esters is 2. The number of hydrogen-bond donors (Lipinski definition) is 1. The Kier molecular flexibility index (Phi) is 12.5. The van der Waals surface area contributed by atoms with Gasteiger partial charge in [0.05, 0.1) is 5.56 Å². The fraction of sp³-hybridized carbons (Fsp3) is 0.500. The van der Waals surface area contributed by atoms with E-state index in [0.717, 1.165) is 0 Å². The molecule has 0 aliphatic heterocycles. The molecule has 0 aromatic heterocycles. The maximum Gasteiger partial charge on any atom is 0.514 e. The third kappa shape index (κ3) is 11.6. The van der Waals surface area contributed by atoms with Gasteiger partial charge in [0, 0.05) is 0 Å². The second kappa shape index (κ2) is 15.4. The van der Waals surface area contributed by atoms with Gasteiger partial charge in [0.2, 0.25) is 0 Å². The van der Waals surface area contributed by atoms with Crippen molar-refractivity contribution in [2.45, 2.75) is 104 Å². The van der Waals surface area contributed by atoms with Crippen LogP contribution in [-0.4, -0.2) is 53.7 Å². The van der Waals surface area contributed by atoms with Crippen LogP contribution in [0.5, 0.6) is 11.5 Å². The standard InChI is InChI=1S/C32H43NO10/c1-9-31(5,6)42-29(36)40-25-17-16-22(19-26(25)41-30(37)43-32(7,8)10-2)18-24(33)28(35)39-21(4)20(3)38-27(34)23-14-12-11-13-15-23/h11-17,19-21,24H,9-10,18,33H2,1-8H3/t20-,21-,24-/m0/s1. The highest BCUT2D eigenvalue weighted by Gasteiger charge is 2.28. The zero-order chi connectivity index (χ0) is 32.4. The first-order valence-electron chi connectivity index (χ1n) is 14.2. The first-order chi connectivity index (χ1) is 20.1. The molecule has 0 heterocycles. The summed E-state index contributed by atoms with van der Waals surface area (Å²) in [5.74, 6) is -1.49. The monoisotopic (exact) mass is 601 g/mol. The highest BCUT2D eigenvalue weighted by atomic mass is 16.8. The molecule has 236 valence electrons. The van der Waals surface area contributed by atoms with E-state index in [4.69, 9.17) is 34.2 Å². The van der Waals surface area contributed by atoms with Gasteiger partial charge in [-0.3, -0.25) is 4.79 Å². The lowest BCUT2D eigenvalue weighted by Gasteiger charge is -2.24. The molecule has 2 aromatic carbocycles. The van der Waals surface area contributed by atoms with Gasteiger partial charge in [-0.25, -0.2) is 14.4 Å². The van der Waals surface area contributed by atoms with E-state index in [1.807, 2.05) is 13.8 Å². The smallest absolute Gasteiger partial charge is 0.458 e. The van der Waals surface area contributed by atoms with Gasteiger partial charge in [-0.15, -0.1) is 0 Å². The van der Waals surface area contributed by atoms with Gasteiger partial charge in [0.15, 0.2) is 11.5 Å². The molecule has 0 aliphatic carbocycles. The summed E-state index contributed by atoms with van der Waals surface area (Å²) in [7, 11) is 0. The van der Waals surface area contributed by atoms with Crippen molar-refractivity contribution in [3.8, 4) is 11.5 Å². The van der Waals surface area contributed by atoms with E-state index in [1.165, 1.54) is 12.1 Å². The van der Waals surface area contributed by atoms with E-state index in [2.05, 4.69) is 0 Å². The minimum absolute atomic E-state index is 0.0107. The molecule has 0 aliphatic rings. The van der Waals surface area contributed by atoms with Crippen molar-refractivity contribution < 1.29 is 47.6 Å². The maximum atomic E-state index is 12.8. The zero-order valence-electron chi connectivity index (χ0n) is 26.1. The Morgan fingerprint density at radius 2 is 1.26 bits per heavy atom. The summed E-state index contributed by atoms with van der Waals surface area (Å²) in [5.41, 5.74) is 5.41. The summed E-state index contributed by atoms with van der Waals surface area (Å²) in [6.45, 7) is 13.8. The molecular weight excluding hydrogens is 558 g/mol. The Bertz CT molecular complexity index is 1260. The second-order valence-corrected chi connectivity index (χ2v) is 11.3. The molecule has 3 atom stereocenters. The van der Waals surface area contributed by atoms with Crippen LogP contribution in [0.3, 0.4) is 0 Å². The van der Waals surface area contributed by atoms with Crippen LogP contribution in [0.15, 0.2) is 48.5 Å². The summed E-state index contributed by atoms with van der Waals surface area (Å²) in [5, 5.41) is 0. The van der Waals surface area contributed by atoms with Crippen molar-refractivity contribution in [1.82, 2.24) is 0 Å². The Morgan fingerprint density at radius 3 is 1.79 bits per heavy atom. The Labute approximate surface area is 252 Å².